The Balaban J connectivity index is 1.63. The molecule has 1 saturated heterocycles. The SMILES string of the molecule is Cc1ccnc(Nc2ccc(N3CCN(S(C)(=O)=O)CC3)nn2)c1. The van der Waals surface area contributed by atoms with Crippen LogP contribution in [-0.2, 0) is 10.0 Å². The lowest BCUT2D eigenvalue weighted by atomic mass is 10.3. The van der Waals surface area contributed by atoms with E-state index in [1.807, 2.05) is 36.1 Å². The molecular formula is C15H20N6O2S. The highest BCUT2D eigenvalue weighted by Crippen LogP contribution is 2.17. The van der Waals surface area contributed by atoms with Crippen LogP contribution in [0.3, 0.4) is 0 Å². The molecule has 2 aromatic heterocycles. The van der Waals surface area contributed by atoms with Crippen LogP contribution in [-0.4, -0.2) is 60.3 Å². The van der Waals surface area contributed by atoms with Gasteiger partial charge in [0, 0.05) is 32.4 Å². The zero-order valence-electron chi connectivity index (χ0n) is 13.7. The topological polar surface area (TPSA) is 91.3 Å². The van der Waals surface area contributed by atoms with Crippen LogP contribution in [0.25, 0.3) is 0 Å². The number of hydrogen-bond donors (Lipinski definition) is 1. The molecule has 0 atom stereocenters. The average molecular weight is 348 g/mol. The Morgan fingerprint density at radius 2 is 1.79 bits per heavy atom. The lowest BCUT2D eigenvalue weighted by Crippen LogP contribution is -2.48. The van der Waals surface area contributed by atoms with Gasteiger partial charge >= 0.3 is 0 Å². The first-order valence-corrected chi connectivity index (χ1v) is 9.50. The molecule has 1 fully saturated rings. The van der Waals surface area contributed by atoms with Crippen molar-refractivity contribution in [2.24, 2.45) is 0 Å². The minimum absolute atomic E-state index is 0.466. The summed E-state index contributed by atoms with van der Waals surface area (Å²) in [6.45, 7) is 4.14. The molecule has 1 N–H and O–H groups in total. The number of anilines is 3. The van der Waals surface area contributed by atoms with Crippen molar-refractivity contribution in [3.63, 3.8) is 0 Å². The third-order valence-corrected chi connectivity index (χ3v) is 5.16. The minimum atomic E-state index is -3.12. The molecule has 0 radical (unpaired) electrons. The van der Waals surface area contributed by atoms with Crippen LogP contribution >= 0.6 is 0 Å². The summed E-state index contributed by atoms with van der Waals surface area (Å²) in [7, 11) is -3.12. The molecule has 3 heterocycles. The standard InChI is InChI=1S/C15H20N6O2S/c1-12-5-6-16-14(11-12)17-13-3-4-15(19-18-13)20-7-9-21(10-8-20)24(2,22)23/h3-6,11H,7-10H2,1-2H3,(H,16,17,18). The van der Waals surface area contributed by atoms with Crippen molar-refractivity contribution in [2.75, 3.05) is 42.7 Å². The average Bonchev–Trinajstić information content (AvgIpc) is 2.55. The van der Waals surface area contributed by atoms with E-state index >= 15 is 0 Å². The van der Waals surface area contributed by atoms with Gasteiger partial charge in [-0.15, -0.1) is 10.2 Å². The Bertz CT molecular complexity index is 801. The van der Waals surface area contributed by atoms with Gasteiger partial charge in [-0.3, -0.25) is 0 Å². The number of rotatable bonds is 4. The monoisotopic (exact) mass is 348 g/mol. The number of nitrogens with zero attached hydrogens (tertiary/aromatic N) is 5. The molecular weight excluding hydrogens is 328 g/mol. The maximum atomic E-state index is 11.5. The van der Waals surface area contributed by atoms with Crippen molar-refractivity contribution in [3.8, 4) is 0 Å². The van der Waals surface area contributed by atoms with Crippen LogP contribution in [0.2, 0.25) is 0 Å². The number of nitrogens with one attached hydrogen (secondary N) is 1. The zero-order chi connectivity index (χ0) is 17.2. The van der Waals surface area contributed by atoms with Gasteiger partial charge in [-0.25, -0.2) is 13.4 Å². The van der Waals surface area contributed by atoms with E-state index in [4.69, 9.17) is 0 Å². The summed E-state index contributed by atoms with van der Waals surface area (Å²) in [6.07, 6.45) is 2.98. The molecule has 128 valence electrons. The maximum absolute atomic E-state index is 11.5. The molecule has 1 aliphatic rings. The van der Waals surface area contributed by atoms with E-state index in [0.29, 0.717) is 32.0 Å². The van der Waals surface area contributed by atoms with Gasteiger partial charge in [0.25, 0.3) is 0 Å². The molecule has 0 amide bonds. The molecule has 0 aromatic carbocycles. The van der Waals surface area contributed by atoms with Crippen LogP contribution in [0.4, 0.5) is 17.5 Å². The predicted octanol–water partition coefficient (Wildman–Crippen LogP) is 1.01. The van der Waals surface area contributed by atoms with Crippen molar-refractivity contribution in [3.05, 3.63) is 36.0 Å². The van der Waals surface area contributed by atoms with Crippen LogP contribution < -0.4 is 10.2 Å². The van der Waals surface area contributed by atoms with Gasteiger partial charge in [-0.05, 0) is 36.8 Å². The van der Waals surface area contributed by atoms with Gasteiger partial charge in [0.15, 0.2) is 11.6 Å². The summed E-state index contributed by atoms with van der Waals surface area (Å²) < 4.78 is 24.6. The van der Waals surface area contributed by atoms with Crippen molar-refractivity contribution < 1.29 is 8.42 Å². The molecule has 3 rings (SSSR count). The molecule has 0 aliphatic carbocycles. The summed E-state index contributed by atoms with van der Waals surface area (Å²) in [6, 6.07) is 7.58. The second kappa shape index (κ2) is 6.70. The molecule has 9 heteroatoms. The summed E-state index contributed by atoms with van der Waals surface area (Å²) in [5, 5.41) is 11.5. The second-order valence-electron chi connectivity index (χ2n) is 5.77. The van der Waals surface area contributed by atoms with E-state index in [9.17, 15) is 8.42 Å². The first-order valence-electron chi connectivity index (χ1n) is 7.65. The number of sulfonamides is 1. The fourth-order valence-electron chi connectivity index (χ4n) is 2.55. The largest absolute Gasteiger partial charge is 0.352 e. The van der Waals surface area contributed by atoms with Gasteiger partial charge in [0.05, 0.1) is 6.26 Å². The van der Waals surface area contributed by atoms with E-state index in [-0.39, 0.29) is 0 Å². The third-order valence-electron chi connectivity index (χ3n) is 3.85. The molecule has 0 bridgehead atoms. The van der Waals surface area contributed by atoms with Crippen molar-refractivity contribution in [1.29, 1.82) is 0 Å². The van der Waals surface area contributed by atoms with Gasteiger partial charge in [-0.1, -0.05) is 0 Å². The highest BCUT2D eigenvalue weighted by atomic mass is 32.2. The maximum Gasteiger partial charge on any atom is 0.211 e. The third kappa shape index (κ3) is 3.98. The number of aromatic nitrogens is 3. The summed E-state index contributed by atoms with van der Waals surface area (Å²) in [4.78, 5) is 6.26. The van der Waals surface area contributed by atoms with Gasteiger partial charge in [0.2, 0.25) is 10.0 Å². The summed E-state index contributed by atoms with van der Waals surface area (Å²) >= 11 is 0. The highest BCUT2D eigenvalue weighted by Gasteiger charge is 2.24. The van der Waals surface area contributed by atoms with Crippen LogP contribution in [0, 0.1) is 6.92 Å². The zero-order valence-corrected chi connectivity index (χ0v) is 14.5. The normalized spacial score (nSPS) is 16.2. The van der Waals surface area contributed by atoms with E-state index in [1.54, 1.807) is 6.20 Å². The lowest BCUT2D eigenvalue weighted by molar-refractivity contribution is 0.386. The Labute approximate surface area is 141 Å². The Morgan fingerprint density at radius 1 is 1.04 bits per heavy atom. The first kappa shape index (κ1) is 16.6. The van der Waals surface area contributed by atoms with Crippen molar-refractivity contribution in [2.45, 2.75) is 6.92 Å². The first-order chi connectivity index (χ1) is 11.4. The predicted molar refractivity (Wildman–Crippen MR) is 92.9 cm³/mol. The molecule has 0 unspecified atom stereocenters. The number of aryl methyl sites for hydroxylation is 1. The van der Waals surface area contributed by atoms with E-state index in [1.165, 1.54) is 10.6 Å². The van der Waals surface area contributed by atoms with Crippen LogP contribution in [0.15, 0.2) is 30.5 Å². The summed E-state index contributed by atoms with van der Waals surface area (Å²) in [5.41, 5.74) is 1.11. The lowest BCUT2D eigenvalue weighted by Gasteiger charge is -2.33. The highest BCUT2D eigenvalue weighted by molar-refractivity contribution is 7.88. The van der Waals surface area contributed by atoms with E-state index in [0.717, 1.165) is 17.2 Å². The molecule has 0 spiro atoms. The Hall–Kier alpha value is -2.26. The fraction of sp³-hybridized carbons (Fsp3) is 0.400. The van der Waals surface area contributed by atoms with Crippen molar-refractivity contribution in [1.82, 2.24) is 19.5 Å². The smallest absolute Gasteiger partial charge is 0.211 e. The molecule has 1 aliphatic heterocycles. The number of pyridine rings is 1. The van der Waals surface area contributed by atoms with Gasteiger partial charge in [0.1, 0.15) is 5.82 Å². The second-order valence-corrected chi connectivity index (χ2v) is 7.75. The van der Waals surface area contributed by atoms with Crippen LogP contribution in [0.5, 0.6) is 0 Å². The Kier molecular flexibility index (Phi) is 4.63. The number of hydrogen-bond acceptors (Lipinski definition) is 7. The van der Waals surface area contributed by atoms with Gasteiger partial charge in [-0.2, -0.15) is 4.31 Å². The quantitative estimate of drug-likeness (QED) is 0.881. The summed E-state index contributed by atoms with van der Waals surface area (Å²) in [5.74, 6) is 2.08. The van der Waals surface area contributed by atoms with Crippen molar-refractivity contribution >= 4 is 27.5 Å². The van der Waals surface area contributed by atoms with E-state index < -0.39 is 10.0 Å². The minimum Gasteiger partial charge on any atom is -0.352 e. The fourth-order valence-corrected chi connectivity index (χ4v) is 3.37. The van der Waals surface area contributed by atoms with Crippen LogP contribution in [0.1, 0.15) is 5.56 Å². The number of piperazine rings is 1. The van der Waals surface area contributed by atoms with E-state index in [2.05, 4.69) is 20.5 Å². The molecule has 24 heavy (non-hydrogen) atoms. The van der Waals surface area contributed by atoms with Gasteiger partial charge < -0.3 is 10.2 Å². The molecule has 8 nitrogen and oxygen atoms in total. The Morgan fingerprint density at radius 3 is 2.38 bits per heavy atom. The molecule has 0 saturated carbocycles. The molecule has 2 aromatic rings.